The molecular weight excluding hydrogens is 374 g/mol. The van der Waals surface area contributed by atoms with Crippen molar-refractivity contribution in [3.63, 3.8) is 0 Å². The van der Waals surface area contributed by atoms with E-state index in [1.807, 2.05) is 6.92 Å². The Balaban J connectivity index is 1.83. The molecule has 0 unspecified atom stereocenters. The molecule has 1 aliphatic rings. The minimum absolute atomic E-state index is 0.150. The van der Waals surface area contributed by atoms with Crippen LogP contribution in [0, 0.1) is 0 Å². The largest absolute Gasteiger partial charge is 0.484 e. The third-order valence-corrected chi connectivity index (χ3v) is 5.78. The number of ether oxygens (including phenoxy) is 2. The average Bonchev–Trinajstić information content (AvgIpc) is 2.67. The highest BCUT2D eigenvalue weighted by atomic mass is 32.2. The number of morpholine rings is 1. The van der Waals surface area contributed by atoms with E-state index in [1.165, 1.54) is 28.6 Å². The number of carbonyl (C=O) groups excluding carboxylic acids is 2. The zero-order valence-corrected chi connectivity index (χ0v) is 16.1. The predicted molar refractivity (Wildman–Crippen MR) is 98.0 cm³/mol. The fourth-order valence-corrected chi connectivity index (χ4v) is 3.79. The van der Waals surface area contributed by atoms with Gasteiger partial charge in [-0.3, -0.25) is 10.1 Å². The molecule has 2 rings (SSSR count). The number of hydrogen-bond acceptors (Lipinski definition) is 6. The lowest BCUT2D eigenvalue weighted by Gasteiger charge is -2.26. The summed E-state index contributed by atoms with van der Waals surface area (Å²) in [6.07, 6.45) is 1.77. The lowest BCUT2D eigenvalue weighted by atomic mass is 10.3. The number of carbonyl (C=O) groups is 2. The van der Waals surface area contributed by atoms with Gasteiger partial charge < -0.3 is 14.8 Å². The first-order valence-corrected chi connectivity index (χ1v) is 10.3. The first-order chi connectivity index (χ1) is 12.9. The highest BCUT2D eigenvalue weighted by Crippen LogP contribution is 2.20. The van der Waals surface area contributed by atoms with Crippen molar-refractivity contribution in [3.8, 4) is 5.75 Å². The number of hydrogen-bond donors (Lipinski definition) is 2. The van der Waals surface area contributed by atoms with E-state index in [0.717, 1.165) is 12.8 Å². The van der Waals surface area contributed by atoms with Crippen molar-refractivity contribution in [1.82, 2.24) is 14.9 Å². The number of benzene rings is 1. The normalized spacial score (nSPS) is 15.1. The molecule has 10 heteroatoms. The quantitative estimate of drug-likeness (QED) is 0.623. The first-order valence-electron chi connectivity index (χ1n) is 8.82. The van der Waals surface area contributed by atoms with Gasteiger partial charge in [0, 0.05) is 19.6 Å². The van der Waals surface area contributed by atoms with Crippen LogP contribution in [-0.2, 0) is 19.6 Å². The van der Waals surface area contributed by atoms with E-state index in [2.05, 4.69) is 10.6 Å². The fourth-order valence-electron chi connectivity index (χ4n) is 2.38. The van der Waals surface area contributed by atoms with Crippen molar-refractivity contribution in [2.45, 2.75) is 24.7 Å². The van der Waals surface area contributed by atoms with Gasteiger partial charge in [-0.15, -0.1) is 0 Å². The third-order valence-electron chi connectivity index (χ3n) is 3.87. The molecule has 150 valence electrons. The van der Waals surface area contributed by atoms with Crippen molar-refractivity contribution >= 4 is 22.0 Å². The van der Waals surface area contributed by atoms with Gasteiger partial charge in [0.1, 0.15) is 5.75 Å². The molecule has 1 heterocycles. The van der Waals surface area contributed by atoms with Crippen LogP contribution in [0.2, 0.25) is 0 Å². The van der Waals surface area contributed by atoms with Crippen LogP contribution in [0.5, 0.6) is 5.75 Å². The molecule has 27 heavy (non-hydrogen) atoms. The van der Waals surface area contributed by atoms with E-state index in [4.69, 9.17) is 9.47 Å². The van der Waals surface area contributed by atoms with Gasteiger partial charge in [-0.05, 0) is 30.7 Å². The fraction of sp³-hybridized carbons (Fsp3) is 0.529. The number of unbranched alkanes of at least 4 members (excludes halogenated alkanes) is 1. The molecule has 0 aromatic heterocycles. The second kappa shape index (κ2) is 10.2. The van der Waals surface area contributed by atoms with Crippen LogP contribution in [0.3, 0.4) is 0 Å². The highest BCUT2D eigenvalue weighted by Gasteiger charge is 2.26. The summed E-state index contributed by atoms with van der Waals surface area (Å²) in [7, 11) is -3.57. The zero-order chi connectivity index (χ0) is 19.7. The second-order valence-electron chi connectivity index (χ2n) is 5.93. The van der Waals surface area contributed by atoms with Crippen LogP contribution in [0.4, 0.5) is 4.79 Å². The topological polar surface area (TPSA) is 114 Å². The van der Waals surface area contributed by atoms with Crippen molar-refractivity contribution in [3.05, 3.63) is 24.3 Å². The van der Waals surface area contributed by atoms with Crippen LogP contribution >= 0.6 is 0 Å². The summed E-state index contributed by atoms with van der Waals surface area (Å²) in [5.74, 6) is -0.258. The minimum atomic E-state index is -3.57. The van der Waals surface area contributed by atoms with Gasteiger partial charge in [0.15, 0.2) is 6.61 Å². The van der Waals surface area contributed by atoms with Crippen molar-refractivity contribution < 1.29 is 27.5 Å². The lowest BCUT2D eigenvalue weighted by Crippen LogP contribution is -2.41. The van der Waals surface area contributed by atoms with Gasteiger partial charge in [-0.1, -0.05) is 13.3 Å². The Labute approximate surface area is 159 Å². The molecule has 0 radical (unpaired) electrons. The molecule has 2 N–H and O–H groups in total. The number of imide groups is 1. The Morgan fingerprint density at radius 2 is 1.85 bits per heavy atom. The lowest BCUT2D eigenvalue weighted by molar-refractivity contribution is -0.122. The molecule has 1 saturated heterocycles. The molecule has 9 nitrogen and oxygen atoms in total. The van der Waals surface area contributed by atoms with E-state index < -0.39 is 22.0 Å². The molecule has 3 amide bonds. The van der Waals surface area contributed by atoms with Gasteiger partial charge in [0.25, 0.3) is 5.91 Å². The average molecular weight is 399 g/mol. The number of nitrogens with zero attached hydrogens (tertiary/aromatic N) is 1. The maximum atomic E-state index is 12.5. The Kier molecular flexibility index (Phi) is 8.01. The second-order valence-corrected chi connectivity index (χ2v) is 7.87. The number of urea groups is 1. The van der Waals surface area contributed by atoms with Crippen molar-refractivity contribution in [2.75, 3.05) is 39.5 Å². The van der Waals surface area contributed by atoms with E-state index in [-0.39, 0.29) is 11.5 Å². The molecule has 1 fully saturated rings. The van der Waals surface area contributed by atoms with E-state index >= 15 is 0 Å². The van der Waals surface area contributed by atoms with Crippen LogP contribution in [0.25, 0.3) is 0 Å². The van der Waals surface area contributed by atoms with Gasteiger partial charge in [-0.2, -0.15) is 4.31 Å². The SMILES string of the molecule is CCCCNC(=O)NC(=O)COc1ccc(S(=O)(=O)N2CCOCC2)cc1. The van der Waals surface area contributed by atoms with Crippen LogP contribution in [0.1, 0.15) is 19.8 Å². The maximum absolute atomic E-state index is 12.5. The third kappa shape index (κ3) is 6.49. The van der Waals surface area contributed by atoms with Crippen LogP contribution in [-0.4, -0.2) is 64.1 Å². The number of rotatable bonds is 8. The summed E-state index contributed by atoms with van der Waals surface area (Å²) in [5, 5.41) is 4.72. The van der Waals surface area contributed by atoms with Crippen LogP contribution in [0.15, 0.2) is 29.2 Å². The summed E-state index contributed by atoms with van der Waals surface area (Å²) >= 11 is 0. The summed E-state index contributed by atoms with van der Waals surface area (Å²) in [4.78, 5) is 23.3. The highest BCUT2D eigenvalue weighted by molar-refractivity contribution is 7.89. The molecule has 1 aromatic rings. The maximum Gasteiger partial charge on any atom is 0.321 e. The summed E-state index contributed by atoms with van der Waals surface area (Å²) in [5.41, 5.74) is 0. The van der Waals surface area contributed by atoms with Crippen LogP contribution < -0.4 is 15.4 Å². The molecule has 0 aliphatic carbocycles. The molecule has 1 aliphatic heterocycles. The smallest absolute Gasteiger partial charge is 0.321 e. The van der Waals surface area contributed by atoms with Gasteiger partial charge in [0.2, 0.25) is 10.0 Å². The van der Waals surface area contributed by atoms with E-state index in [9.17, 15) is 18.0 Å². The monoisotopic (exact) mass is 399 g/mol. The van der Waals surface area contributed by atoms with Crippen molar-refractivity contribution in [2.24, 2.45) is 0 Å². The van der Waals surface area contributed by atoms with Gasteiger partial charge in [-0.25, -0.2) is 13.2 Å². The Hall–Kier alpha value is -2.17. The Morgan fingerprint density at radius 1 is 1.19 bits per heavy atom. The predicted octanol–water partition coefficient (Wildman–Crippen LogP) is 0.712. The standard InChI is InChI=1S/C17H25N3O6S/c1-2-3-8-18-17(22)19-16(21)13-26-14-4-6-15(7-5-14)27(23,24)20-9-11-25-12-10-20/h4-7H,2-3,8-13H2,1H3,(H2,18,19,21,22). The number of sulfonamides is 1. The summed E-state index contributed by atoms with van der Waals surface area (Å²) < 4.78 is 36.9. The van der Waals surface area contributed by atoms with E-state index in [1.54, 1.807) is 0 Å². The summed E-state index contributed by atoms with van der Waals surface area (Å²) in [6.45, 7) is 3.54. The molecule has 0 saturated carbocycles. The van der Waals surface area contributed by atoms with Gasteiger partial charge in [0.05, 0.1) is 18.1 Å². The Bertz CT molecular complexity index is 730. The molecule has 0 spiro atoms. The van der Waals surface area contributed by atoms with E-state index in [0.29, 0.717) is 38.6 Å². The number of nitrogens with one attached hydrogen (secondary N) is 2. The minimum Gasteiger partial charge on any atom is -0.484 e. The first kappa shape index (κ1) is 21.1. The van der Waals surface area contributed by atoms with Crippen molar-refractivity contribution in [1.29, 1.82) is 0 Å². The summed E-state index contributed by atoms with van der Waals surface area (Å²) in [6, 6.07) is 5.23. The molecule has 0 atom stereocenters. The van der Waals surface area contributed by atoms with Gasteiger partial charge >= 0.3 is 6.03 Å². The molecular formula is C17H25N3O6S. The number of amides is 3. The molecule has 1 aromatic carbocycles. The molecule has 0 bridgehead atoms. The Morgan fingerprint density at radius 3 is 2.48 bits per heavy atom. The zero-order valence-electron chi connectivity index (χ0n) is 15.3.